The third kappa shape index (κ3) is 2.60. The van der Waals surface area contributed by atoms with Gasteiger partial charge in [-0.2, -0.15) is 0 Å². The molecule has 1 fully saturated rings. The van der Waals surface area contributed by atoms with Gasteiger partial charge in [0.2, 0.25) is 5.91 Å². The molecule has 1 saturated carbocycles. The Morgan fingerprint density at radius 3 is 2.50 bits per heavy atom. The maximum atomic E-state index is 11.5. The van der Waals surface area contributed by atoms with E-state index in [4.69, 9.17) is 0 Å². The van der Waals surface area contributed by atoms with Gasteiger partial charge >= 0.3 is 0 Å². The summed E-state index contributed by atoms with van der Waals surface area (Å²) in [4.78, 5) is 15.8. The number of nitrogens with zero attached hydrogens (tertiary/aromatic N) is 1. The molecule has 1 heterocycles. The van der Waals surface area contributed by atoms with Gasteiger partial charge in [0.15, 0.2) is 0 Å². The lowest BCUT2D eigenvalue weighted by Gasteiger charge is -2.18. The fraction of sp³-hybridized carbons (Fsp3) is 0.538. The largest absolute Gasteiger partial charge is 0.310 e. The molecule has 0 aliphatic heterocycles. The molecule has 16 heavy (non-hydrogen) atoms. The molecule has 0 spiro atoms. The van der Waals surface area contributed by atoms with E-state index in [9.17, 15) is 4.79 Å². The van der Waals surface area contributed by atoms with E-state index in [1.807, 2.05) is 18.3 Å². The van der Waals surface area contributed by atoms with Crippen LogP contribution >= 0.6 is 0 Å². The predicted octanol–water partition coefficient (Wildman–Crippen LogP) is 2.73. The number of amides is 1. The summed E-state index contributed by atoms with van der Waals surface area (Å²) in [6.07, 6.45) is 3.88. The quantitative estimate of drug-likeness (QED) is 0.829. The topological polar surface area (TPSA) is 42.0 Å². The molecular formula is C13H18N2O. The first-order valence-corrected chi connectivity index (χ1v) is 5.74. The van der Waals surface area contributed by atoms with Gasteiger partial charge in [-0.3, -0.25) is 4.79 Å². The van der Waals surface area contributed by atoms with Crippen LogP contribution < -0.4 is 5.32 Å². The van der Waals surface area contributed by atoms with Crippen LogP contribution in [-0.4, -0.2) is 10.9 Å². The Bertz CT molecular complexity index is 385. The van der Waals surface area contributed by atoms with Crippen LogP contribution in [0.2, 0.25) is 0 Å². The van der Waals surface area contributed by atoms with E-state index in [2.05, 4.69) is 31.1 Å². The molecule has 3 nitrogen and oxygen atoms in total. The number of nitrogens with one attached hydrogen (secondary N) is 1. The second-order valence-corrected chi connectivity index (χ2v) is 5.45. The minimum atomic E-state index is 0.103. The van der Waals surface area contributed by atoms with Crippen LogP contribution in [0.3, 0.4) is 0 Å². The average molecular weight is 218 g/mol. The summed E-state index contributed by atoms with van der Waals surface area (Å²) in [7, 11) is 0. The molecule has 0 aromatic carbocycles. The molecular weight excluding hydrogens is 200 g/mol. The Hall–Kier alpha value is -1.38. The van der Waals surface area contributed by atoms with Crippen LogP contribution in [0.1, 0.15) is 39.2 Å². The predicted molar refractivity (Wildman–Crippen MR) is 64.3 cm³/mol. The van der Waals surface area contributed by atoms with Crippen molar-refractivity contribution in [3.05, 3.63) is 23.9 Å². The molecule has 2 rings (SSSR count). The molecule has 1 aromatic rings. The molecule has 0 unspecified atom stereocenters. The van der Waals surface area contributed by atoms with Crippen LogP contribution in [0.5, 0.6) is 0 Å². The average Bonchev–Trinajstić information content (AvgIpc) is 3.00. The second-order valence-electron chi connectivity index (χ2n) is 5.45. The molecule has 1 N–H and O–H groups in total. The van der Waals surface area contributed by atoms with Crippen molar-refractivity contribution in [1.82, 2.24) is 4.98 Å². The molecule has 0 bridgehead atoms. The Balaban J connectivity index is 2.04. The van der Waals surface area contributed by atoms with E-state index < -0.39 is 0 Å². The zero-order chi connectivity index (χ0) is 11.8. The summed E-state index contributed by atoms with van der Waals surface area (Å²) in [5.41, 5.74) is 1.28. The summed E-state index contributed by atoms with van der Waals surface area (Å²) in [5.74, 6) is 0.991. The van der Waals surface area contributed by atoms with Crippen LogP contribution in [-0.2, 0) is 10.2 Å². The highest BCUT2D eigenvalue weighted by Crippen LogP contribution is 2.30. The lowest BCUT2D eigenvalue weighted by molar-refractivity contribution is -0.117. The van der Waals surface area contributed by atoms with Gasteiger partial charge in [-0.05, 0) is 29.9 Å². The molecule has 1 aliphatic carbocycles. The standard InChI is InChI=1S/C13H18N2O/c1-13(2,3)10-6-7-11(14-8-10)15-12(16)9-4-5-9/h6-9H,4-5H2,1-3H3,(H,14,15,16). The number of carbonyl (C=O) groups is 1. The maximum Gasteiger partial charge on any atom is 0.228 e. The highest BCUT2D eigenvalue weighted by atomic mass is 16.2. The Labute approximate surface area is 96.3 Å². The zero-order valence-corrected chi connectivity index (χ0v) is 10.1. The monoisotopic (exact) mass is 218 g/mol. The van der Waals surface area contributed by atoms with Crippen LogP contribution in [0.15, 0.2) is 18.3 Å². The SMILES string of the molecule is CC(C)(C)c1ccc(NC(=O)C2CC2)nc1. The van der Waals surface area contributed by atoms with Crippen molar-refractivity contribution in [2.45, 2.75) is 39.0 Å². The van der Waals surface area contributed by atoms with E-state index in [1.54, 1.807) is 0 Å². The number of anilines is 1. The summed E-state index contributed by atoms with van der Waals surface area (Å²) < 4.78 is 0. The third-order valence-corrected chi connectivity index (χ3v) is 2.83. The molecule has 0 atom stereocenters. The molecule has 86 valence electrons. The molecule has 0 radical (unpaired) electrons. The van der Waals surface area contributed by atoms with E-state index in [0.29, 0.717) is 5.82 Å². The van der Waals surface area contributed by atoms with Gasteiger partial charge in [-0.1, -0.05) is 26.8 Å². The normalized spacial score (nSPS) is 15.9. The highest BCUT2D eigenvalue weighted by molar-refractivity contribution is 5.93. The van der Waals surface area contributed by atoms with Crippen molar-refractivity contribution >= 4 is 11.7 Å². The molecule has 1 aliphatic rings. The number of aromatic nitrogens is 1. The second kappa shape index (κ2) is 3.89. The van der Waals surface area contributed by atoms with Crippen molar-refractivity contribution in [2.75, 3.05) is 5.32 Å². The van der Waals surface area contributed by atoms with E-state index in [0.717, 1.165) is 12.8 Å². The minimum Gasteiger partial charge on any atom is -0.310 e. The molecule has 1 aromatic heterocycles. The summed E-state index contributed by atoms with van der Waals surface area (Å²) in [5, 5.41) is 2.83. The van der Waals surface area contributed by atoms with Crippen molar-refractivity contribution in [2.24, 2.45) is 5.92 Å². The van der Waals surface area contributed by atoms with Crippen LogP contribution in [0, 0.1) is 5.92 Å². The van der Waals surface area contributed by atoms with E-state index in [1.165, 1.54) is 5.56 Å². The zero-order valence-electron chi connectivity index (χ0n) is 10.1. The number of hydrogen-bond donors (Lipinski definition) is 1. The van der Waals surface area contributed by atoms with Crippen molar-refractivity contribution < 1.29 is 4.79 Å². The first-order chi connectivity index (χ1) is 7.47. The number of carbonyl (C=O) groups excluding carboxylic acids is 1. The van der Waals surface area contributed by atoms with Crippen molar-refractivity contribution in [1.29, 1.82) is 0 Å². The van der Waals surface area contributed by atoms with Gasteiger partial charge in [0, 0.05) is 12.1 Å². The van der Waals surface area contributed by atoms with Gasteiger partial charge in [0.1, 0.15) is 5.82 Å². The molecule has 3 heteroatoms. The third-order valence-electron chi connectivity index (χ3n) is 2.83. The van der Waals surface area contributed by atoms with Crippen LogP contribution in [0.25, 0.3) is 0 Å². The lowest BCUT2D eigenvalue weighted by atomic mass is 9.88. The number of pyridine rings is 1. The molecule has 1 amide bonds. The number of hydrogen-bond acceptors (Lipinski definition) is 2. The summed E-state index contributed by atoms with van der Waals surface area (Å²) in [6.45, 7) is 6.44. The summed E-state index contributed by atoms with van der Waals surface area (Å²) in [6, 6.07) is 3.90. The first-order valence-electron chi connectivity index (χ1n) is 5.74. The Morgan fingerprint density at radius 2 is 2.06 bits per heavy atom. The van der Waals surface area contributed by atoms with Gasteiger partial charge in [-0.25, -0.2) is 4.98 Å². The van der Waals surface area contributed by atoms with Gasteiger partial charge < -0.3 is 5.32 Å². The van der Waals surface area contributed by atoms with Gasteiger partial charge in [-0.15, -0.1) is 0 Å². The fourth-order valence-corrected chi connectivity index (χ4v) is 1.49. The summed E-state index contributed by atoms with van der Waals surface area (Å²) >= 11 is 0. The van der Waals surface area contributed by atoms with Gasteiger partial charge in [0.25, 0.3) is 0 Å². The molecule has 0 saturated heterocycles. The fourth-order valence-electron chi connectivity index (χ4n) is 1.49. The minimum absolute atomic E-state index is 0.103. The van der Waals surface area contributed by atoms with Crippen molar-refractivity contribution in [3.63, 3.8) is 0 Å². The smallest absolute Gasteiger partial charge is 0.228 e. The Morgan fingerprint density at radius 1 is 1.38 bits per heavy atom. The van der Waals surface area contributed by atoms with E-state index in [-0.39, 0.29) is 17.2 Å². The Kier molecular flexibility index (Phi) is 2.70. The highest BCUT2D eigenvalue weighted by Gasteiger charge is 2.29. The number of rotatable bonds is 2. The van der Waals surface area contributed by atoms with Crippen molar-refractivity contribution in [3.8, 4) is 0 Å². The van der Waals surface area contributed by atoms with Gasteiger partial charge in [0.05, 0.1) is 0 Å². The lowest BCUT2D eigenvalue weighted by Crippen LogP contribution is -2.15. The maximum absolute atomic E-state index is 11.5. The van der Waals surface area contributed by atoms with Crippen LogP contribution in [0.4, 0.5) is 5.82 Å². The first kappa shape index (κ1) is 11.1. The van der Waals surface area contributed by atoms with E-state index >= 15 is 0 Å².